The number of thioether (sulfide) groups is 1. The number of methoxy groups -OCH3 is 1. The van der Waals surface area contributed by atoms with Crippen LogP contribution in [-0.4, -0.2) is 41.3 Å². The number of hydrogen-bond donors (Lipinski definition) is 2. The minimum absolute atomic E-state index is 0.0403. The van der Waals surface area contributed by atoms with Crippen LogP contribution in [0.1, 0.15) is 83.6 Å². The summed E-state index contributed by atoms with van der Waals surface area (Å²) < 4.78 is 4.72. The lowest BCUT2D eigenvalue weighted by atomic mass is 9.96. The molecule has 0 spiro atoms. The van der Waals surface area contributed by atoms with Gasteiger partial charge < -0.3 is 14.9 Å². The van der Waals surface area contributed by atoms with Crippen LogP contribution in [0.25, 0.3) is 0 Å². The Balaban J connectivity index is 2.00. The molecule has 2 rings (SSSR count). The Morgan fingerprint density at radius 1 is 1.17 bits per heavy atom. The summed E-state index contributed by atoms with van der Waals surface area (Å²) in [6.45, 7) is 4.41. The molecule has 1 aliphatic rings. The molecule has 2 N–H and O–H groups in total. The highest BCUT2D eigenvalue weighted by atomic mass is 32.2. The van der Waals surface area contributed by atoms with Crippen molar-refractivity contribution in [3.05, 3.63) is 58.5 Å². The van der Waals surface area contributed by atoms with E-state index in [4.69, 9.17) is 4.74 Å². The number of aliphatic hydroxyl groups is 2. The molecule has 0 aromatic heterocycles. The van der Waals surface area contributed by atoms with Crippen molar-refractivity contribution in [2.75, 3.05) is 12.9 Å². The average Bonchev–Trinajstić information content (AvgIpc) is 3.16. The maximum Gasteiger partial charge on any atom is 0.305 e. The molecule has 0 heterocycles. The van der Waals surface area contributed by atoms with Crippen LogP contribution in [0.15, 0.2) is 53.0 Å². The molecule has 0 saturated carbocycles. The maximum atomic E-state index is 11.3. The van der Waals surface area contributed by atoms with Crippen molar-refractivity contribution in [1.29, 1.82) is 0 Å². The first-order valence-corrected chi connectivity index (χ1v) is 14.4. The van der Waals surface area contributed by atoms with Crippen molar-refractivity contribution in [2.45, 2.75) is 96.7 Å². The molecular weight excluding hydrogens is 456 g/mol. The molecule has 0 saturated heterocycles. The van der Waals surface area contributed by atoms with E-state index >= 15 is 0 Å². The first-order valence-electron chi connectivity index (χ1n) is 13.4. The van der Waals surface area contributed by atoms with E-state index in [0.29, 0.717) is 18.8 Å². The summed E-state index contributed by atoms with van der Waals surface area (Å²) in [6.07, 6.45) is 13.3. The summed E-state index contributed by atoms with van der Waals surface area (Å²) in [5, 5.41) is 21.5. The highest BCUT2D eigenvalue weighted by Gasteiger charge is 2.31. The lowest BCUT2D eigenvalue weighted by Gasteiger charge is -2.17. The predicted octanol–water partition coefficient (Wildman–Crippen LogP) is 6.85. The minimum Gasteiger partial charge on any atom is -0.469 e. The van der Waals surface area contributed by atoms with Crippen molar-refractivity contribution < 1.29 is 19.7 Å². The third-order valence-electron chi connectivity index (χ3n) is 6.82. The zero-order valence-corrected chi connectivity index (χ0v) is 22.8. The second-order valence-corrected chi connectivity index (χ2v) is 11.1. The van der Waals surface area contributed by atoms with Gasteiger partial charge in [-0.3, -0.25) is 4.79 Å². The van der Waals surface area contributed by atoms with Gasteiger partial charge in [-0.1, -0.05) is 87.6 Å². The molecule has 1 aromatic rings. The molecule has 0 aliphatic heterocycles. The number of aliphatic hydroxyl groups excluding tert-OH is 2. The molecule has 0 amide bonds. The van der Waals surface area contributed by atoms with Crippen LogP contribution in [0.3, 0.4) is 0 Å². The Hall–Kier alpha value is -1.56. The Kier molecular flexibility index (Phi) is 14.4. The van der Waals surface area contributed by atoms with Crippen LogP contribution in [0, 0.1) is 11.8 Å². The summed E-state index contributed by atoms with van der Waals surface area (Å²) in [6, 6.07) is 10.5. The van der Waals surface area contributed by atoms with Gasteiger partial charge in [0.15, 0.2) is 0 Å². The number of rotatable bonds is 17. The Bertz CT molecular complexity index is 789. The normalized spacial score (nSPS) is 19.9. The van der Waals surface area contributed by atoms with Gasteiger partial charge >= 0.3 is 5.97 Å². The highest BCUT2D eigenvalue weighted by molar-refractivity contribution is 8.03. The standard InChI is InChI=1S/C30H46O4S/c1-4-5-12-23(2)21-26(31)18-19-27-28(32)22-25(17-16-24-13-8-6-9-14-24)30(27)35-20-11-7-10-15-29(33)34-3/h6,8-9,13-14,18-19,23,26-28,31-32H,4-5,7,10-12,15-17,20-22H2,1-3H3/t23-,26-,27+,28-/m1/s1. The van der Waals surface area contributed by atoms with Crippen LogP contribution in [0.4, 0.5) is 0 Å². The van der Waals surface area contributed by atoms with E-state index in [9.17, 15) is 15.0 Å². The van der Waals surface area contributed by atoms with Gasteiger partial charge in [-0.25, -0.2) is 0 Å². The average molecular weight is 503 g/mol. The Morgan fingerprint density at radius 2 is 1.94 bits per heavy atom. The molecule has 4 atom stereocenters. The lowest BCUT2D eigenvalue weighted by Crippen LogP contribution is -2.15. The Labute approximate surface area is 217 Å². The van der Waals surface area contributed by atoms with Crippen LogP contribution in [-0.2, 0) is 16.0 Å². The number of aryl methyl sites for hydroxylation is 1. The van der Waals surface area contributed by atoms with E-state index in [1.807, 2.05) is 23.9 Å². The van der Waals surface area contributed by atoms with Gasteiger partial charge in [0.05, 0.1) is 19.3 Å². The molecule has 4 nitrogen and oxygen atoms in total. The van der Waals surface area contributed by atoms with Crippen LogP contribution in [0.2, 0.25) is 0 Å². The van der Waals surface area contributed by atoms with Gasteiger partial charge in [0.1, 0.15) is 0 Å². The molecule has 5 heteroatoms. The summed E-state index contributed by atoms with van der Waals surface area (Å²) in [5.74, 6) is 1.29. The molecule has 35 heavy (non-hydrogen) atoms. The fraction of sp³-hybridized carbons (Fsp3) is 0.633. The molecule has 0 bridgehead atoms. The SMILES string of the molecule is CCCC[C@@H](C)C[C@H](O)C=C[C@@H]1C(SCCCCCC(=O)OC)=C(CCc2ccccc2)C[C@H]1O. The topological polar surface area (TPSA) is 66.8 Å². The van der Waals surface area contributed by atoms with Crippen molar-refractivity contribution in [2.24, 2.45) is 11.8 Å². The van der Waals surface area contributed by atoms with Crippen molar-refractivity contribution in [3.63, 3.8) is 0 Å². The predicted molar refractivity (Wildman–Crippen MR) is 147 cm³/mol. The van der Waals surface area contributed by atoms with Gasteiger partial charge in [-0.2, -0.15) is 0 Å². The van der Waals surface area contributed by atoms with Crippen LogP contribution in [0.5, 0.6) is 0 Å². The zero-order chi connectivity index (χ0) is 25.5. The van der Waals surface area contributed by atoms with Crippen molar-refractivity contribution in [1.82, 2.24) is 0 Å². The second kappa shape index (κ2) is 17.0. The molecule has 196 valence electrons. The van der Waals surface area contributed by atoms with E-state index in [-0.39, 0.29) is 11.9 Å². The van der Waals surface area contributed by atoms with Crippen molar-refractivity contribution in [3.8, 4) is 0 Å². The smallest absolute Gasteiger partial charge is 0.305 e. The van der Waals surface area contributed by atoms with Crippen LogP contribution >= 0.6 is 11.8 Å². The number of hydrogen-bond acceptors (Lipinski definition) is 5. The quantitative estimate of drug-likeness (QED) is 0.138. The summed E-state index contributed by atoms with van der Waals surface area (Å²) in [4.78, 5) is 12.6. The van der Waals surface area contributed by atoms with E-state index < -0.39 is 12.2 Å². The third kappa shape index (κ3) is 11.4. The first kappa shape index (κ1) is 29.7. The van der Waals surface area contributed by atoms with Gasteiger partial charge in [0.25, 0.3) is 0 Å². The molecule has 0 fully saturated rings. The molecule has 0 radical (unpaired) electrons. The monoisotopic (exact) mass is 502 g/mol. The van der Waals surface area contributed by atoms with Gasteiger partial charge in [0.2, 0.25) is 0 Å². The van der Waals surface area contributed by atoms with Gasteiger partial charge in [0, 0.05) is 12.3 Å². The summed E-state index contributed by atoms with van der Waals surface area (Å²) in [7, 11) is 1.43. The molecule has 1 aromatic carbocycles. The molecular formula is C30H46O4S. The summed E-state index contributed by atoms with van der Waals surface area (Å²) >= 11 is 1.85. The first-order chi connectivity index (χ1) is 16.9. The molecule has 0 unspecified atom stereocenters. The number of unbranched alkanes of at least 4 members (excludes halogenated alkanes) is 3. The maximum absolute atomic E-state index is 11.3. The number of ether oxygens (including phenoxy) is 1. The van der Waals surface area contributed by atoms with Crippen LogP contribution < -0.4 is 0 Å². The van der Waals surface area contributed by atoms with Gasteiger partial charge in [-0.15, -0.1) is 11.8 Å². The van der Waals surface area contributed by atoms with E-state index in [1.165, 1.54) is 36.0 Å². The minimum atomic E-state index is -0.466. The number of carbonyl (C=O) groups excluding carboxylic acids is 1. The fourth-order valence-corrected chi connectivity index (χ4v) is 6.10. The van der Waals surface area contributed by atoms with Crippen molar-refractivity contribution >= 4 is 17.7 Å². The van der Waals surface area contributed by atoms with Gasteiger partial charge in [-0.05, 0) is 60.7 Å². The zero-order valence-electron chi connectivity index (χ0n) is 22.0. The number of carbonyl (C=O) groups is 1. The van der Waals surface area contributed by atoms with E-state index in [1.54, 1.807) is 0 Å². The largest absolute Gasteiger partial charge is 0.469 e. The third-order valence-corrected chi connectivity index (χ3v) is 8.19. The number of esters is 1. The highest BCUT2D eigenvalue weighted by Crippen LogP contribution is 2.42. The summed E-state index contributed by atoms with van der Waals surface area (Å²) in [5.41, 5.74) is 2.67. The van der Waals surface area contributed by atoms with E-state index in [2.05, 4.69) is 44.2 Å². The fourth-order valence-electron chi connectivity index (χ4n) is 4.71. The lowest BCUT2D eigenvalue weighted by molar-refractivity contribution is -0.140. The second-order valence-electron chi connectivity index (χ2n) is 9.92. The van der Waals surface area contributed by atoms with E-state index in [0.717, 1.165) is 50.7 Å². The Morgan fingerprint density at radius 3 is 2.66 bits per heavy atom. The molecule has 1 aliphatic carbocycles. The number of benzene rings is 1.